The summed E-state index contributed by atoms with van der Waals surface area (Å²) in [5.74, 6) is 0.702. The number of nitrogens with one attached hydrogen (secondary N) is 1. The number of halogens is 2. The molecule has 124 valence electrons. The maximum Gasteiger partial charge on any atom is 0.276 e. The molecule has 1 fully saturated rings. The number of rotatable bonds is 4. The maximum absolute atomic E-state index is 13.0. The van der Waals surface area contributed by atoms with E-state index in [0.29, 0.717) is 28.1 Å². The van der Waals surface area contributed by atoms with Gasteiger partial charge in [-0.15, -0.1) is 0 Å². The molecule has 1 aliphatic rings. The molecule has 1 saturated heterocycles. The first-order valence-electron chi connectivity index (χ1n) is 6.91. The first kappa shape index (κ1) is 16.5. The quantitative estimate of drug-likeness (QED) is 0.664. The molecular weight excluding hydrogens is 355 g/mol. The zero-order valence-electron chi connectivity index (χ0n) is 12.5. The summed E-state index contributed by atoms with van der Waals surface area (Å²) < 4.78 is 24.1. The SMILES string of the molecule is CN1C(=O)/C(=C\c2ccc(COc3ccc(F)cc3Cl)o2)NC1=S. The third kappa shape index (κ3) is 3.42. The Bertz CT molecular complexity index is 850. The number of carbonyl (C=O) groups excluding carboxylic acids is 1. The van der Waals surface area contributed by atoms with Crippen molar-refractivity contribution in [2.24, 2.45) is 0 Å². The molecule has 1 aliphatic heterocycles. The van der Waals surface area contributed by atoms with Crippen LogP contribution in [0.3, 0.4) is 0 Å². The van der Waals surface area contributed by atoms with Crippen LogP contribution < -0.4 is 10.1 Å². The number of carbonyl (C=O) groups is 1. The van der Waals surface area contributed by atoms with Crippen LogP contribution in [0.2, 0.25) is 5.02 Å². The smallest absolute Gasteiger partial charge is 0.276 e. The molecule has 5 nitrogen and oxygen atoms in total. The normalized spacial score (nSPS) is 16.0. The molecule has 0 unspecified atom stereocenters. The number of hydrogen-bond acceptors (Lipinski definition) is 4. The predicted molar refractivity (Wildman–Crippen MR) is 90.9 cm³/mol. The second-order valence-corrected chi connectivity index (χ2v) is 5.81. The van der Waals surface area contributed by atoms with Crippen molar-refractivity contribution in [3.05, 3.63) is 58.4 Å². The second-order valence-electron chi connectivity index (χ2n) is 5.02. The van der Waals surface area contributed by atoms with E-state index in [1.165, 1.54) is 23.1 Å². The highest BCUT2D eigenvalue weighted by Gasteiger charge is 2.27. The Hall–Kier alpha value is -2.38. The third-order valence-electron chi connectivity index (χ3n) is 3.31. The van der Waals surface area contributed by atoms with E-state index < -0.39 is 5.82 Å². The fraction of sp³-hybridized carbons (Fsp3) is 0.125. The second kappa shape index (κ2) is 6.62. The lowest BCUT2D eigenvalue weighted by molar-refractivity contribution is -0.121. The van der Waals surface area contributed by atoms with Gasteiger partial charge in [-0.2, -0.15) is 0 Å². The van der Waals surface area contributed by atoms with Crippen LogP contribution >= 0.6 is 23.8 Å². The Morgan fingerprint density at radius 3 is 2.88 bits per heavy atom. The van der Waals surface area contributed by atoms with Crippen molar-refractivity contribution in [2.45, 2.75) is 6.61 Å². The number of hydrogen-bond donors (Lipinski definition) is 1. The minimum absolute atomic E-state index is 0.119. The number of benzene rings is 1. The molecule has 0 spiro atoms. The van der Waals surface area contributed by atoms with Gasteiger partial charge in [0.1, 0.15) is 35.4 Å². The first-order chi connectivity index (χ1) is 11.4. The van der Waals surface area contributed by atoms with Crippen LogP contribution in [0, 0.1) is 5.82 Å². The minimum atomic E-state index is -0.434. The molecule has 0 atom stereocenters. The van der Waals surface area contributed by atoms with E-state index in [2.05, 4.69) is 5.32 Å². The molecule has 1 aromatic carbocycles. The average Bonchev–Trinajstić information content (AvgIpc) is 3.08. The molecule has 3 rings (SSSR count). The standard InChI is InChI=1S/C16H12ClFN2O3S/c1-20-15(21)13(19-16(20)24)7-10-3-4-11(23-10)8-22-14-5-2-9(18)6-12(14)17/h2-7H,8H2,1H3,(H,19,24)/b13-7+. The topological polar surface area (TPSA) is 54.7 Å². The predicted octanol–water partition coefficient (Wildman–Crippen LogP) is 3.34. The van der Waals surface area contributed by atoms with E-state index >= 15 is 0 Å². The van der Waals surface area contributed by atoms with E-state index in [9.17, 15) is 9.18 Å². The molecule has 24 heavy (non-hydrogen) atoms. The summed E-state index contributed by atoms with van der Waals surface area (Å²) in [7, 11) is 1.59. The van der Waals surface area contributed by atoms with Gasteiger partial charge < -0.3 is 14.5 Å². The maximum atomic E-state index is 13.0. The van der Waals surface area contributed by atoms with E-state index in [4.69, 9.17) is 33.0 Å². The lowest BCUT2D eigenvalue weighted by atomic mass is 10.3. The molecular formula is C16H12ClFN2O3S. The van der Waals surface area contributed by atoms with Gasteiger partial charge in [-0.3, -0.25) is 9.69 Å². The molecule has 0 radical (unpaired) electrons. The van der Waals surface area contributed by atoms with Gasteiger partial charge in [0.15, 0.2) is 5.11 Å². The Labute approximate surface area is 147 Å². The van der Waals surface area contributed by atoms with Gasteiger partial charge >= 0.3 is 0 Å². The highest BCUT2D eigenvalue weighted by Crippen LogP contribution is 2.26. The highest BCUT2D eigenvalue weighted by atomic mass is 35.5. The molecule has 2 heterocycles. The molecule has 0 bridgehead atoms. The molecule has 1 aromatic heterocycles. The van der Waals surface area contributed by atoms with Crippen molar-refractivity contribution in [3.8, 4) is 5.75 Å². The number of amides is 1. The van der Waals surface area contributed by atoms with Gasteiger partial charge in [0.25, 0.3) is 5.91 Å². The van der Waals surface area contributed by atoms with Crippen LogP contribution in [0.25, 0.3) is 6.08 Å². The van der Waals surface area contributed by atoms with Crippen molar-refractivity contribution in [1.29, 1.82) is 0 Å². The Morgan fingerprint density at radius 1 is 1.42 bits per heavy atom. The Morgan fingerprint density at radius 2 is 2.21 bits per heavy atom. The van der Waals surface area contributed by atoms with Crippen LogP contribution in [0.15, 0.2) is 40.4 Å². The molecule has 0 saturated carbocycles. The fourth-order valence-electron chi connectivity index (χ4n) is 2.06. The van der Waals surface area contributed by atoms with Crippen molar-refractivity contribution in [3.63, 3.8) is 0 Å². The minimum Gasteiger partial charge on any atom is -0.484 e. The van der Waals surface area contributed by atoms with Crippen molar-refractivity contribution in [2.75, 3.05) is 7.05 Å². The average molecular weight is 367 g/mol. The van der Waals surface area contributed by atoms with E-state index in [-0.39, 0.29) is 17.5 Å². The van der Waals surface area contributed by atoms with Gasteiger partial charge in [-0.1, -0.05) is 11.6 Å². The summed E-state index contributed by atoms with van der Waals surface area (Å²) in [4.78, 5) is 13.2. The number of nitrogens with zero attached hydrogens (tertiary/aromatic N) is 1. The highest BCUT2D eigenvalue weighted by molar-refractivity contribution is 7.80. The van der Waals surface area contributed by atoms with Gasteiger partial charge in [-0.25, -0.2) is 4.39 Å². The summed E-state index contributed by atoms with van der Waals surface area (Å²) in [6.45, 7) is 0.119. The van der Waals surface area contributed by atoms with E-state index in [1.807, 2.05) is 0 Å². The zero-order chi connectivity index (χ0) is 17.3. The van der Waals surface area contributed by atoms with E-state index in [0.717, 1.165) is 0 Å². The van der Waals surface area contributed by atoms with Crippen LogP contribution in [-0.2, 0) is 11.4 Å². The summed E-state index contributed by atoms with van der Waals surface area (Å²) in [5, 5.41) is 3.33. The van der Waals surface area contributed by atoms with Gasteiger partial charge in [0, 0.05) is 13.1 Å². The van der Waals surface area contributed by atoms with Crippen LogP contribution in [0.4, 0.5) is 4.39 Å². The molecule has 8 heteroatoms. The largest absolute Gasteiger partial charge is 0.484 e. The van der Waals surface area contributed by atoms with Gasteiger partial charge in [0.05, 0.1) is 5.02 Å². The lowest BCUT2D eigenvalue weighted by Crippen LogP contribution is -2.25. The number of likely N-dealkylation sites (N-methyl/N-ethyl adjacent to an activating group) is 1. The summed E-state index contributed by atoms with van der Waals surface area (Å²) in [6, 6.07) is 7.29. The number of furan rings is 1. The van der Waals surface area contributed by atoms with Crippen LogP contribution in [0.5, 0.6) is 5.75 Å². The Kier molecular flexibility index (Phi) is 4.55. The third-order valence-corrected chi connectivity index (χ3v) is 3.99. The summed E-state index contributed by atoms with van der Waals surface area (Å²) in [5.41, 5.74) is 0.339. The van der Waals surface area contributed by atoms with Gasteiger partial charge in [-0.05, 0) is 42.5 Å². The monoisotopic (exact) mass is 366 g/mol. The number of thiocarbonyl (C=S) groups is 1. The summed E-state index contributed by atoms with van der Waals surface area (Å²) >= 11 is 10.9. The molecule has 0 aliphatic carbocycles. The van der Waals surface area contributed by atoms with E-state index in [1.54, 1.807) is 25.3 Å². The molecule has 1 N–H and O–H groups in total. The van der Waals surface area contributed by atoms with Crippen molar-refractivity contribution in [1.82, 2.24) is 10.2 Å². The lowest BCUT2D eigenvalue weighted by Gasteiger charge is -2.06. The van der Waals surface area contributed by atoms with Crippen LogP contribution in [0.1, 0.15) is 11.5 Å². The first-order valence-corrected chi connectivity index (χ1v) is 7.70. The van der Waals surface area contributed by atoms with Crippen LogP contribution in [-0.4, -0.2) is 23.0 Å². The van der Waals surface area contributed by atoms with Gasteiger partial charge in [0.2, 0.25) is 0 Å². The van der Waals surface area contributed by atoms with Crippen molar-refractivity contribution >= 4 is 40.9 Å². The zero-order valence-corrected chi connectivity index (χ0v) is 14.1. The Balaban J connectivity index is 1.68. The summed E-state index contributed by atoms with van der Waals surface area (Å²) in [6.07, 6.45) is 1.56. The molecule has 2 aromatic rings. The number of ether oxygens (including phenoxy) is 1. The molecule has 1 amide bonds. The fourth-order valence-corrected chi connectivity index (χ4v) is 2.47. The van der Waals surface area contributed by atoms with Crippen molar-refractivity contribution < 1.29 is 18.3 Å².